The monoisotopic (exact) mass is 231 g/mol. The number of carbonyl (C=O) groups is 1. The summed E-state index contributed by atoms with van der Waals surface area (Å²) in [6.07, 6.45) is 11.5. The highest BCUT2D eigenvalue weighted by molar-refractivity contribution is 5.81. The molecule has 17 heavy (non-hydrogen) atoms. The van der Waals surface area contributed by atoms with Crippen molar-refractivity contribution in [3.8, 4) is 0 Å². The molecule has 1 aromatic heterocycles. The quantitative estimate of drug-likeness (QED) is 0.794. The van der Waals surface area contributed by atoms with E-state index in [4.69, 9.17) is 0 Å². The van der Waals surface area contributed by atoms with Crippen molar-refractivity contribution in [2.24, 2.45) is 5.92 Å². The lowest BCUT2D eigenvalue weighted by Gasteiger charge is -2.20. The van der Waals surface area contributed by atoms with Crippen molar-refractivity contribution in [3.63, 3.8) is 0 Å². The molecule has 1 saturated carbocycles. The first-order chi connectivity index (χ1) is 8.25. The Kier molecular flexibility index (Phi) is 4.29. The van der Waals surface area contributed by atoms with Crippen LogP contribution in [0.15, 0.2) is 18.5 Å². The molecule has 92 valence electrons. The average molecular weight is 231 g/mol. The lowest BCUT2D eigenvalue weighted by Crippen LogP contribution is -2.14. The number of aromatic nitrogens is 1. The van der Waals surface area contributed by atoms with Crippen LogP contribution in [0.2, 0.25) is 0 Å². The van der Waals surface area contributed by atoms with E-state index in [1.807, 2.05) is 19.2 Å². The molecule has 0 unspecified atom stereocenters. The molecule has 1 aliphatic rings. The zero-order valence-corrected chi connectivity index (χ0v) is 10.6. The van der Waals surface area contributed by atoms with Gasteiger partial charge >= 0.3 is 0 Å². The summed E-state index contributed by atoms with van der Waals surface area (Å²) < 4.78 is 0. The number of pyridine rings is 1. The normalized spacial score (nSPS) is 17.0. The maximum absolute atomic E-state index is 12.0. The van der Waals surface area contributed by atoms with E-state index in [1.165, 1.54) is 32.1 Å². The lowest BCUT2D eigenvalue weighted by molar-refractivity contribution is -0.119. The average Bonchev–Trinajstić information content (AvgIpc) is 2.33. The number of rotatable bonds is 4. The van der Waals surface area contributed by atoms with Gasteiger partial charge in [0.2, 0.25) is 0 Å². The van der Waals surface area contributed by atoms with Crippen LogP contribution in [0.25, 0.3) is 0 Å². The molecule has 1 aliphatic carbocycles. The molecule has 0 aliphatic heterocycles. The van der Waals surface area contributed by atoms with Gasteiger partial charge < -0.3 is 0 Å². The minimum atomic E-state index is 0.395. The van der Waals surface area contributed by atoms with E-state index in [1.54, 1.807) is 6.20 Å². The molecule has 0 atom stereocenters. The largest absolute Gasteiger partial charge is 0.299 e. The summed E-state index contributed by atoms with van der Waals surface area (Å²) in [6, 6.07) is 1.97. The van der Waals surface area contributed by atoms with E-state index in [0.29, 0.717) is 18.1 Å². The van der Waals surface area contributed by atoms with Crippen LogP contribution in [-0.4, -0.2) is 10.8 Å². The molecule has 0 saturated heterocycles. The third kappa shape index (κ3) is 3.65. The third-order valence-corrected chi connectivity index (χ3v) is 3.77. The van der Waals surface area contributed by atoms with Crippen LogP contribution in [-0.2, 0) is 11.2 Å². The van der Waals surface area contributed by atoms with Gasteiger partial charge in [-0.05, 0) is 30.0 Å². The van der Waals surface area contributed by atoms with Crippen LogP contribution >= 0.6 is 0 Å². The standard InChI is InChI=1S/C15H21NO/c1-12-11-16-8-7-14(12)10-15(17)9-13-5-3-2-4-6-13/h7-8,11,13H,2-6,9-10H2,1H3. The Hall–Kier alpha value is -1.18. The second kappa shape index (κ2) is 5.95. The van der Waals surface area contributed by atoms with Crippen molar-refractivity contribution in [2.75, 3.05) is 0 Å². The van der Waals surface area contributed by atoms with E-state index in [9.17, 15) is 4.79 Å². The van der Waals surface area contributed by atoms with E-state index in [-0.39, 0.29) is 0 Å². The van der Waals surface area contributed by atoms with Crippen molar-refractivity contribution >= 4 is 5.78 Å². The zero-order chi connectivity index (χ0) is 12.1. The first-order valence-electron chi connectivity index (χ1n) is 6.67. The highest BCUT2D eigenvalue weighted by atomic mass is 16.1. The predicted octanol–water partition coefficient (Wildman–Crippen LogP) is 3.47. The molecule has 1 aromatic rings. The molecule has 0 bridgehead atoms. The van der Waals surface area contributed by atoms with Crippen molar-refractivity contribution in [3.05, 3.63) is 29.6 Å². The van der Waals surface area contributed by atoms with E-state index in [2.05, 4.69) is 4.98 Å². The van der Waals surface area contributed by atoms with Crippen LogP contribution in [0.5, 0.6) is 0 Å². The minimum Gasteiger partial charge on any atom is -0.299 e. The minimum absolute atomic E-state index is 0.395. The summed E-state index contributed by atoms with van der Waals surface area (Å²) in [5.74, 6) is 1.05. The Bertz CT molecular complexity index is 380. The highest BCUT2D eigenvalue weighted by Crippen LogP contribution is 2.26. The van der Waals surface area contributed by atoms with Crippen LogP contribution in [0.4, 0.5) is 0 Å². The van der Waals surface area contributed by atoms with Gasteiger partial charge in [-0.25, -0.2) is 0 Å². The number of Topliss-reactive ketones (excluding diaryl/α,β-unsaturated/α-hetero) is 1. The second-order valence-corrected chi connectivity index (χ2v) is 5.23. The number of aryl methyl sites for hydroxylation is 1. The lowest BCUT2D eigenvalue weighted by atomic mass is 9.85. The third-order valence-electron chi connectivity index (χ3n) is 3.77. The molecule has 0 radical (unpaired) electrons. The first-order valence-corrected chi connectivity index (χ1v) is 6.67. The smallest absolute Gasteiger partial charge is 0.137 e. The highest BCUT2D eigenvalue weighted by Gasteiger charge is 2.17. The molecule has 0 amide bonds. The van der Waals surface area contributed by atoms with Crippen molar-refractivity contribution in [1.82, 2.24) is 4.98 Å². The SMILES string of the molecule is Cc1cnccc1CC(=O)CC1CCCCC1. The molecular weight excluding hydrogens is 210 g/mol. The summed E-state index contributed by atoms with van der Waals surface area (Å²) in [7, 11) is 0. The fourth-order valence-electron chi connectivity index (χ4n) is 2.70. The van der Waals surface area contributed by atoms with Crippen LogP contribution in [0.1, 0.15) is 49.7 Å². The van der Waals surface area contributed by atoms with Crippen molar-refractivity contribution < 1.29 is 4.79 Å². The van der Waals surface area contributed by atoms with Gasteiger partial charge in [0.25, 0.3) is 0 Å². The van der Waals surface area contributed by atoms with Crippen molar-refractivity contribution in [2.45, 2.75) is 51.9 Å². The topological polar surface area (TPSA) is 30.0 Å². The summed E-state index contributed by atoms with van der Waals surface area (Å²) >= 11 is 0. The van der Waals surface area contributed by atoms with Gasteiger partial charge in [0.15, 0.2) is 0 Å². The van der Waals surface area contributed by atoms with Gasteiger partial charge in [0.05, 0.1) is 0 Å². The molecule has 0 aromatic carbocycles. The maximum Gasteiger partial charge on any atom is 0.137 e. The maximum atomic E-state index is 12.0. The summed E-state index contributed by atoms with van der Waals surface area (Å²) in [5, 5.41) is 0. The van der Waals surface area contributed by atoms with Crippen LogP contribution < -0.4 is 0 Å². The Morgan fingerprint density at radius 2 is 2.12 bits per heavy atom. The van der Waals surface area contributed by atoms with Crippen LogP contribution in [0, 0.1) is 12.8 Å². The van der Waals surface area contributed by atoms with Gasteiger partial charge in [0, 0.05) is 25.2 Å². The molecule has 2 heteroatoms. The number of hydrogen-bond donors (Lipinski definition) is 0. The fraction of sp³-hybridized carbons (Fsp3) is 0.600. The van der Waals surface area contributed by atoms with Crippen LogP contribution in [0.3, 0.4) is 0 Å². The molecule has 2 nitrogen and oxygen atoms in total. The Balaban J connectivity index is 1.86. The van der Waals surface area contributed by atoms with Crippen molar-refractivity contribution in [1.29, 1.82) is 0 Å². The summed E-state index contributed by atoms with van der Waals surface area (Å²) in [4.78, 5) is 16.1. The Morgan fingerprint density at radius 3 is 2.82 bits per heavy atom. The molecule has 1 heterocycles. The Labute approximate surface area is 103 Å². The first kappa shape index (κ1) is 12.3. The summed E-state index contributed by atoms with van der Waals surface area (Å²) in [5.41, 5.74) is 2.27. The molecule has 2 rings (SSSR count). The predicted molar refractivity (Wildman–Crippen MR) is 68.9 cm³/mol. The van der Waals surface area contributed by atoms with Gasteiger partial charge in [-0.15, -0.1) is 0 Å². The van der Waals surface area contributed by atoms with E-state index >= 15 is 0 Å². The van der Waals surface area contributed by atoms with E-state index < -0.39 is 0 Å². The van der Waals surface area contributed by atoms with Gasteiger partial charge in [-0.2, -0.15) is 0 Å². The number of carbonyl (C=O) groups excluding carboxylic acids is 1. The number of ketones is 1. The zero-order valence-electron chi connectivity index (χ0n) is 10.6. The fourth-order valence-corrected chi connectivity index (χ4v) is 2.70. The molecular formula is C15H21NO. The molecule has 1 fully saturated rings. The number of hydrogen-bond acceptors (Lipinski definition) is 2. The van der Waals surface area contributed by atoms with E-state index in [0.717, 1.165) is 17.5 Å². The second-order valence-electron chi connectivity index (χ2n) is 5.23. The molecule has 0 N–H and O–H groups in total. The van der Waals surface area contributed by atoms with Gasteiger partial charge in [-0.3, -0.25) is 9.78 Å². The van der Waals surface area contributed by atoms with Gasteiger partial charge in [0.1, 0.15) is 5.78 Å². The Morgan fingerprint density at radius 1 is 1.35 bits per heavy atom. The summed E-state index contributed by atoms with van der Waals surface area (Å²) in [6.45, 7) is 2.02. The molecule has 0 spiro atoms. The van der Waals surface area contributed by atoms with Gasteiger partial charge in [-0.1, -0.05) is 32.1 Å². The number of nitrogens with zero attached hydrogens (tertiary/aromatic N) is 1.